The molecule has 4 nitrogen and oxygen atoms in total. The molecule has 4 atom stereocenters. The standard InChI is InChI=1S/C20H25F5N2O2S2.2C2H6.CH4S/c1-18(30(3)14-6-4-5-13(9-14)20(23,24)25)7-8-29-16(11-18)15(26)10-17(27)31(28)12-19(2,21)22;3*1-2/h4-6,9-10,16,27H,3,7-8,11-12,26H2,1-2H3;2*1-2H3;2H,1H3/b15-10-,27-17?;;;. The first-order valence-electron chi connectivity index (χ1n) is 11.7. The Balaban J connectivity index is 0. The van der Waals surface area contributed by atoms with Gasteiger partial charge in [0, 0.05) is 28.9 Å². The van der Waals surface area contributed by atoms with Gasteiger partial charge in [-0.25, -0.2) is 8.78 Å². The van der Waals surface area contributed by atoms with Crippen molar-refractivity contribution in [3.05, 3.63) is 41.6 Å². The van der Waals surface area contributed by atoms with Gasteiger partial charge in [-0.3, -0.25) is 9.62 Å². The zero-order valence-electron chi connectivity index (χ0n) is 22.5. The molecule has 12 heteroatoms. The van der Waals surface area contributed by atoms with E-state index < -0.39 is 60.6 Å². The first kappa shape index (κ1) is 37.9. The number of hydrogen-bond acceptors (Lipinski definition) is 5. The van der Waals surface area contributed by atoms with Gasteiger partial charge in [0.15, 0.2) is 0 Å². The van der Waals surface area contributed by atoms with Gasteiger partial charge in [0.2, 0.25) is 0 Å². The summed E-state index contributed by atoms with van der Waals surface area (Å²) < 4.78 is 82.3. The van der Waals surface area contributed by atoms with E-state index in [2.05, 4.69) is 18.5 Å². The molecule has 216 valence electrons. The Morgan fingerprint density at radius 2 is 1.78 bits per heavy atom. The highest BCUT2D eigenvalue weighted by Crippen LogP contribution is 2.47. The Labute approximate surface area is 228 Å². The molecule has 0 saturated carbocycles. The Bertz CT molecular complexity index is 918. The van der Waals surface area contributed by atoms with Gasteiger partial charge in [0.25, 0.3) is 5.92 Å². The number of nitrogens with two attached hydrogens (primary N) is 1. The number of benzene rings is 1. The lowest BCUT2D eigenvalue weighted by Gasteiger charge is -2.40. The summed E-state index contributed by atoms with van der Waals surface area (Å²) in [7, 11) is -3.05. The second kappa shape index (κ2) is 17.4. The largest absolute Gasteiger partial charge is 0.416 e. The third-order valence-corrected chi connectivity index (χ3v) is 8.67. The van der Waals surface area contributed by atoms with Crippen LogP contribution in [0, 0.1) is 5.41 Å². The molecule has 1 fully saturated rings. The maximum absolute atomic E-state index is 13.1. The highest BCUT2D eigenvalue weighted by atomic mass is 32.2. The van der Waals surface area contributed by atoms with Gasteiger partial charge in [0.1, 0.15) is 5.04 Å². The summed E-state index contributed by atoms with van der Waals surface area (Å²) in [5.41, 5.74) is 5.31. The van der Waals surface area contributed by atoms with Crippen LogP contribution in [0.5, 0.6) is 0 Å². The maximum atomic E-state index is 13.1. The van der Waals surface area contributed by atoms with Crippen molar-refractivity contribution in [2.45, 2.75) is 82.2 Å². The zero-order valence-corrected chi connectivity index (χ0v) is 25.1. The van der Waals surface area contributed by atoms with E-state index in [-0.39, 0.29) is 12.3 Å². The fraction of sp³-hybridized carbons (Fsp3) is 0.600. The minimum Gasteiger partial charge on any atom is -0.400 e. The van der Waals surface area contributed by atoms with Gasteiger partial charge in [-0.05, 0) is 43.4 Å². The molecule has 0 radical (unpaired) electrons. The zero-order chi connectivity index (χ0) is 29.6. The van der Waals surface area contributed by atoms with E-state index in [0.29, 0.717) is 24.7 Å². The van der Waals surface area contributed by atoms with Crippen LogP contribution in [-0.2, 0) is 21.7 Å². The van der Waals surface area contributed by atoms with Crippen molar-refractivity contribution in [2.75, 3.05) is 18.6 Å². The van der Waals surface area contributed by atoms with Crippen LogP contribution in [-0.4, -0.2) is 50.5 Å². The molecule has 1 aromatic carbocycles. The third-order valence-electron chi connectivity index (χ3n) is 4.91. The van der Waals surface area contributed by atoms with Crippen LogP contribution in [0.25, 0.3) is 0 Å². The monoisotopic (exact) mass is 592 g/mol. The smallest absolute Gasteiger partial charge is 0.400 e. The fourth-order valence-electron chi connectivity index (χ4n) is 3.14. The highest BCUT2D eigenvalue weighted by Gasteiger charge is 2.38. The molecule has 1 aromatic rings. The van der Waals surface area contributed by atoms with Crippen molar-refractivity contribution in [1.82, 2.24) is 0 Å². The molecular formula is C25H41F5N2O2S3. The van der Waals surface area contributed by atoms with Gasteiger partial charge in [-0.1, -0.05) is 46.6 Å². The van der Waals surface area contributed by atoms with E-state index in [9.17, 15) is 26.2 Å². The van der Waals surface area contributed by atoms with Crippen LogP contribution < -0.4 is 5.73 Å². The molecule has 0 aromatic heterocycles. The number of nitrogens with one attached hydrogen (secondary N) is 1. The van der Waals surface area contributed by atoms with Gasteiger partial charge < -0.3 is 10.5 Å². The van der Waals surface area contributed by atoms with Crippen molar-refractivity contribution < 1.29 is 30.9 Å². The van der Waals surface area contributed by atoms with Gasteiger partial charge in [-0.15, -0.1) is 0 Å². The van der Waals surface area contributed by atoms with Crippen LogP contribution >= 0.6 is 23.1 Å². The first-order valence-corrected chi connectivity index (χ1v) is 15.3. The summed E-state index contributed by atoms with van der Waals surface area (Å²) in [6.07, 6.45) is -1.56. The quantitative estimate of drug-likeness (QED) is 0.105. The number of ether oxygens (including phenoxy) is 1. The summed E-state index contributed by atoms with van der Waals surface area (Å²) in [4.78, 5) is 0.458. The minimum atomic E-state index is -4.46. The molecule has 37 heavy (non-hydrogen) atoms. The van der Waals surface area contributed by atoms with E-state index in [0.717, 1.165) is 18.2 Å². The third kappa shape index (κ3) is 12.9. The maximum Gasteiger partial charge on any atom is 0.416 e. The van der Waals surface area contributed by atoms with Crippen LogP contribution in [0.4, 0.5) is 22.0 Å². The Kier molecular flexibility index (Phi) is 17.8. The number of hydrogen-bond donors (Lipinski definition) is 3. The normalized spacial score (nSPS) is 21.5. The number of alkyl halides is 5. The molecule has 1 aliphatic rings. The summed E-state index contributed by atoms with van der Waals surface area (Å²) in [5.74, 6) is -0.0565. The summed E-state index contributed by atoms with van der Waals surface area (Å²) in [6.45, 7) is 10.8. The Hall–Kier alpha value is -1.24. The number of rotatable bonds is 6. The highest BCUT2D eigenvalue weighted by molar-refractivity contribution is 8.15. The molecule has 3 N–H and O–H groups in total. The molecule has 2 rings (SSSR count). The van der Waals surface area contributed by atoms with E-state index in [1.165, 1.54) is 6.07 Å². The summed E-state index contributed by atoms with van der Waals surface area (Å²) in [5, 5.41) is 7.22. The summed E-state index contributed by atoms with van der Waals surface area (Å²) >= 11 is 3.53. The topological polar surface area (TPSA) is 76.2 Å². The van der Waals surface area contributed by atoms with Gasteiger partial charge in [0.05, 0.1) is 28.2 Å². The fourth-order valence-corrected chi connectivity index (χ4v) is 5.78. The average molecular weight is 593 g/mol. The van der Waals surface area contributed by atoms with Crippen LogP contribution in [0.15, 0.2) is 40.9 Å². The van der Waals surface area contributed by atoms with Crippen molar-refractivity contribution in [1.29, 1.82) is 5.41 Å². The minimum absolute atomic E-state index is 0.0599. The van der Waals surface area contributed by atoms with Crippen LogP contribution in [0.3, 0.4) is 0 Å². The Morgan fingerprint density at radius 1 is 1.24 bits per heavy atom. The molecule has 1 saturated heterocycles. The van der Waals surface area contributed by atoms with Crippen molar-refractivity contribution in [2.24, 2.45) is 5.73 Å². The second-order valence-electron chi connectivity index (χ2n) is 7.75. The second-order valence-corrected chi connectivity index (χ2v) is 11.4. The van der Waals surface area contributed by atoms with E-state index in [1.807, 2.05) is 34.6 Å². The van der Waals surface area contributed by atoms with E-state index >= 15 is 0 Å². The van der Waals surface area contributed by atoms with Crippen molar-refractivity contribution >= 4 is 44.8 Å². The molecule has 1 aliphatic heterocycles. The van der Waals surface area contributed by atoms with Crippen LogP contribution in [0.2, 0.25) is 0 Å². The lowest BCUT2D eigenvalue weighted by atomic mass is 9.95. The first-order chi connectivity index (χ1) is 17.1. The lowest BCUT2D eigenvalue weighted by Crippen LogP contribution is -2.39. The van der Waals surface area contributed by atoms with E-state index in [1.54, 1.807) is 12.3 Å². The van der Waals surface area contributed by atoms with Crippen molar-refractivity contribution in [3.8, 4) is 0 Å². The average Bonchev–Trinajstić information content (AvgIpc) is 2.85. The van der Waals surface area contributed by atoms with Gasteiger partial charge in [-0.2, -0.15) is 36.3 Å². The van der Waals surface area contributed by atoms with Gasteiger partial charge >= 0.3 is 6.18 Å². The molecule has 4 unspecified atom stereocenters. The number of halogens is 5. The van der Waals surface area contributed by atoms with Crippen LogP contribution in [0.1, 0.15) is 59.9 Å². The SMILES string of the molecule is C=S(c1cccc(C(F)(F)F)c1)C1(C)CCOC(/C(N)=C/C(=N)S(=O)CC(C)(F)F)C1.CC.CC.CS. The lowest BCUT2D eigenvalue weighted by molar-refractivity contribution is -0.137. The molecule has 0 bridgehead atoms. The summed E-state index contributed by atoms with van der Waals surface area (Å²) in [6, 6.07) is 5.04. The van der Waals surface area contributed by atoms with E-state index in [4.69, 9.17) is 15.9 Å². The Morgan fingerprint density at radius 3 is 2.27 bits per heavy atom. The molecule has 1 heterocycles. The molecule has 0 aliphatic carbocycles. The predicted molar refractivity (Wildman–Crippen MR) is 153 cm³/mol. The predicted octanol–water partition coefficient (Wildman–Crippen LogP) is 7.53. The molecular weight excluding hydrogens is 551 g/mol. The molecule has 0 amide bonds. The molecule has 0 spiro atoms. The van der Waals surface area contributed by atoms with Crippen molar-refractivity contribution in [3.63, 3.8) is 0 Å². The number of thiol groups is 1.